The highest BCUT2D eigenvalue weighted by Crippen LogP contribution is 2.21. The summed E-state index contributed by atoms with van der Waals surface area (Å²) in [7, 11) is 0. The van der Waals surface area contributed by atoms with Crippen LogP contribution in [0.4, 0.5) is 0 Å². The fraction of sp³-hybridized carbons (Fsp3) is 1.00. The minimum Gasteiger partial charge on any atom is -0.392 e. The Bertz CT molecular complexity index is 162. The Balaban J connectivity index is 2.12. The van der Waals surface area contributed by atoms with Crippen LogP contribution in [-0.4, -0.2) is 35.7 Å². The molecule has 0 unspecified atom stereocenters. The Labute approximate surface area is 88.3 Å². The maximum absolute atomic E-state index is 9.50. The van der Waals surface area contributed by atoms with Crippen molar-refractivity contribution in [2.45, 2.75) is 52.6 Å². The lowest BCUT2D eigenvalue weighted by Gasteiger charge is -2.30. The summed E-state index contributed by atoms with van der Waals surface area (Å²) in [6.07, 6.45) is 4.63. The molecule has 2 heteroatoms. The smallest absolute Gasteiger partial charge is 0.0667 e. The van der Waals surface area contributed by atoms with E-state index in [-0.39, 0.29) is 6.10 Å². The van der Waals surface area contributed by atoms with Gasteiger partial charge in [-0.2, -0.15) is 0 Å². The van der Waals surface area contributed by atoms with E-state index in [0.717, 1.165) is 25.9 Å². The van der Waals surface area contributed by atoms with Gasteiger partial charge in [-0.3, -0.25) is 0 Å². The maximum atomic E-state index is 9.50. The molecule has 1 heterocycles. The third-order valence-electron chi connectivity index (χ3n) is 2.88. The molecule has 0 radical (unpaired) electrons. The van der Waals surface area contributed by atoms with Gasteiger partial charge in [-0.25, -0.2) is 0 Å². The molecular formula is C12H25NO. The molecule has 0 amide bonds. The predicted octanol–water partition coefficient (Wildman–Crippen LogP) is 2.27. The van der Waals surface area contributed by atoms with Crippen molar-refractivity contribution in [3.8, 4) is 0 Å². The standard InChI is InChI=1S/C12H25NO/c1-12(2,3)7-5-9-13-8-4-6-11(14)10-13/h11,14H,4-10H2,1-3H3/t11-/m1/s1. The average Bonchev–Trinajstić information content (AvgIpc) is 2.01. The second-order valence-corrected chi connectivity index (χ2v) is 5.76. The first-order chi connectivity index (χ1) is 6.47. The van der Waals surface area contributed by atoms with Crippen LogP contribution in [0.2, 0.25) is 0 Å². The van der Waals surface area contributed by atoms with E-state index >= 15 is 0 Å². The lowest BCUT2D eigenvalue weighted by Crippen LogP contribution is -2.38. The van der Waals surface area contributed by atoms with Gasteiger partial charge in [0.1, 0.15) is 0 Å². The molecule has 1 saturated heterocycles. The summed E-state index contributed by atoms with van der Waals surface area (Å²) >= 11 is 0. The van der Waals surface area contributed by atoms with E-state index in [1.54, 1.807) is 0 Å². The number of likely N-dealkylation sites (tertiary alicyclic amines) is 1. The first-order valence-corrected chi connectivity index (χ1v) is 5.88. The zero-order valence-corrected chi connectivity index (χ0v) is 9.92. The first kappa shape index (κ1) is 12.0. The number of hydrogen-bond donors (Lipinski definition) is 1. The number of nitrogens with zero attached hydrogens (tertiary/aromatic N) is 1. The van der Waals surface area contributed by atoms with Gasteiger partial charge in [0, 0.05) is 6.54 Å². The first-order valence-electron chi connectivity index (χ1n) is 5.88. The molecule has 2 nitrogen and oxygen atoms in total. The van der Waals surface area contributed by atoms with Gasteiger partial charge >= 0.3 is 0 Å². The highest BCUT2D eigenvalue weighted by Gasteiger charge is 2.17. The quantitative estimate of drug-likeness (QED) is 0.753. The largest absolute Gasteiger partial charge is 0.392 e. The fourth-order valence-corrected chi connectivity index (χ4v) is 2.07. The van der Waals surface area contributed by atoms with Gasteiger partial charge in [0.05, 0.1) is 6.10 Å². The van der Waals surface area contributed by atoms with E-state index < -0.39 is 0 Å². The highest BCUT2D eigenvalue weighted by molar-refractivity contribution is 4.72. The molecule has 1 fully saturated rings. The van der Waals surface area contributed by atoms with Crippen molar-refractivity contribution >= 4 is 0 Å². The van der Waals surface area contributed by atoms with Gasteiger partial charge in [-0.05, 0) is 44.2 Å². The maximum Gasteiger partial charge on any atom is 0.0667 e. The monoisotopic (exact) mass is 199 g/mol. The molecule has 0 aromatic carbocycles. The minimum atomic E-state index is -0.0709. The third kappa shape index (κ3) is 4.97. The molecular weight excluding hydrogens is 174 g/mol. The average molecular weight is 199 g/mol. The van der Waals surface area contributed by atoms with Crippen LogP contribution < -0.4 is 0 Å². The van der Waals surface area contributed by atoms with E-state index in [4.69, 9.17) is 0 Å². The molecule has 14 heavy (non-hydrogen) atoms. The van der Waals surface area contributed by atoms with Gasteiger partial charge in [0.25, 0.3) is 0 Å². The number of hydrogen-bond acceptors (Lipinski definition) is 2. The molecule has 1 aliphatic heterocycles. The zero-order chi connectivity index (χ0) is 10.6. The van der Waals surface area contributed by atoms with Crippen molar-refractivity contribution in [3.63, 3.8) is 0 Å². The molecule has 1 aliphatic rings. The summed E-state index contributed by atoms with van der Waals surface area (Å²) in [6.45, 7) is 10.1. The van der Waals surface area contributed by atoms with Crippen LogP contribution >= 0.6 is 0 Å². The van der Waals surface area contributed by atoms with Crippen LogP contribution in [0, 0.1) is 5.41 Å². The number of rotatable bonds is 3. The SMILES string of the molecule is CC(C)(C)CCCN1CCC[C@@H](O)C1. The van der Waals surface area contributed by atoms with Gasteiger partial charge in [0.15, 0.2) is 0 Å². The van der Waals surface area contributed by atoms with Crippen LogP contribution in [0.5, 0.6) is 0 Å². The molecule has 1 N–H and O–H groups in total. The van der Waals surface area contributed by atoms with E-state index in [2.05, 4.69) is 25.7 Å². The van der Waals surface area contributed by atoms with Gasteiger partial charge in [-0.1, -0.05) is 20.8 Å². The van der Waals surface area contributed by atoms with Crippen molar-refractivity contribution in [2.24, 2.45) is 5.41 Å². The number of aliphatic hydroxyl groups excluding tert-OH is 1. The Morgan fingerprint density at radius 1 is 1.36 bits per heavy atom. The lowest BCUT2D eigenvalue weighted by atomic mass is 9.90. The van der Waals surface area contributed by atoms with Crippen LogP contribution in [0.25, 0.3) is 0 Å². The van der Waals surface area contributed by atoms with Crippen LogP contribution in [0.3, 0.4) is 0 Å². The van der Waals surface area contributed by atoms with Crippen LogP contribution in [-0.2, 0) is 0 Å². The Morgan fingerprint density at radius 3 is 2.64 bits per heavy atom. The third-order valence-corrected chi connectivity index (χ3v) is 2.88. The molecule has 84 valence electrons. The topological polar surface area (TPSA) is 23.5 Å². The predicted molar refractivity (Wildman–Crippen MR) is 60.4 cm³/mol. The van der Waals surface area contributed by atoms with Gasteiger partial charge in [-0.15, -0.1) is 0 Å². The van der Waals surface area contributed by atoms with Crippen molar-refractivity contribution in [1.82, 2.24) is 4.90 Å². The van der Waals surface area contributed by atoms with E-state index in [9.17, 15) is 5.11 Å². The van der Waals surface area contributed by atoms with Crippen molar-refractivity contribution in [3.05, 3.63) is 0 Å². The van der Waals surface area contributed by atoms with Crippen LogP contribution in [0.15, 0.2) is 0 Å². The highest BCUT2D eigenvalue weighted by atomic mass is 16.3. The molecule has 0 aromatic rings. The van der Waals surface area contributed by atoms with Gasteiger partial charge in [0.2, 0.25) is 0 Å². The number of piperidine rings is 1. The lowest BCUT2D eigenvalue weighted by molar-refractivity contribution is 0.0685. The van der Waals surface area contributed by atoms with E-state index in [0.29, 0.717) is 5.41 Å². The minimum absolute atomic E-state index is 0.0709. The molecule has 0 saturated carbocycles. The molecule has 0 bridgehead atoms. The summed E-state index contributed by atoms with van der Waals surface area (Å²) in [5.74, 6) is 0. The second-order valence-electron chi connectivity index (χ2n) is 5.76. The molecule has 0 aromatic heterocycles. The molecule has 0 spiro atoms. The zero-order valence-electron chi connectivity index (χ0n) is 9.92. The summed E-state index contributed by atoms with van der Waals surface area (Å²) < 4.78 is 0. The molecule has 1 atom stereocenters. The Morgan fingerprint density at radius 2 is 2.07 bits per heavy atom. The summed E-state index contributed by atoms with van der Waals surface area (Å²) in [5.41, 5.74) is 0.453. The van der Waals surface area contributed by atoms with Crippen LogP contribution in [0.1, 0.15) is 46.5 Å². The molecule has 1 rings (SSSR count). The van der Waals surface area contributed by atoms with Crippen molar-refractivity contribution < 1.29 is 5.11 Å². The Kier molecular flexibility index (Phi) is 4.39. The van der Waals surface area contributed by atoms with Crippen molar-refractivity contribution in [2.75, 3.05) is 19.6 Å². The fourth-order valence-electron chi connectivity index (χ4n) is 2.07. The molecule has 0 aliphatic carbocycles. The van der Waals surface area contributed by atoms with Gasteiger partial charge < -0.3 is 10.0 Å². The summed E-state index contributed by atoms with van der Waals surface area (Å²) in [5, 5.41) is 9.50. The summed E-state index contributed by atoms with van der Waals surface area (Å²) in [4.78, 5) is 2.40. The van der Waals surface area contributed by atoms with E-state index in [1.807, 2.05) is 0 Å². The summed E-state index contributed by atoms with van der Waals surface area (Å²) in [6, 6.07) is 0. The normalized spacial score (nSPS) is 25.3. The second kappa shape index (κ2) is 5.13. The number of aliphatic hydroxyl groups is 1. The van der Waals surface area contributed by atoms with Crippen molar-refractivity contribution in [1.29, 1.82) is 0 Å². The van der Waals surface area contributed by atoms with E-state index in [1.165, 1.54) is 19.4 Å². The number of β-amino-alcohol motifs (C(OH)–C–C–N with tert-alkyl or cyclic N) is 1. The Hall–Kier alpha value is -0.0800.